The molecule has 3 aromatic rings. The highest BCUT2D eigenvalue weighted by atomic mass is 79.9. The molecule has 0 aliphatic heterocycles. The van der Waals surface area contributed by atoms with E-state index in [4.69, 9.17) is 5.11 Å². The molecule has 0 saturated heterocycles. The van der Waals surface area contributed by atoms with Gasteiger partial charge in [-0.2, -0.15) is 5.06 Å². The highest BCUT2D eigenvalue weighted by molar-refractivity contribution is 8.93. The van der Waals surface area contributed by atoms with Gasteiger partial charge in [0.15, 0.2) is 0 Å². The van der Waals surface area contributed by atoms with Crippen LogP contribution in [-0.2, 0) is 11.2 Å². The lowest BCUT2D eigenvalue weighted by Gasteiger charge is -2.22. The van der Waals surface area contributed by atoms with Crippen LogP contribution in [0.2, 0.25) is 0 Å². The predicted molar refractivity (Wildman–Crippen MR) is 145 cm³/mol. The first-order chi connectivity index (χ1) is 16.6. The van der Waals surface area contributed by atoms with E-state index >= 15 is 0 Å². The van der Waals surface area contributed by atoms with Gasteiger partial charge in [-0.3, -0.25) is 4.79 Å². The first-order valence-electron chi connectivity index (χ1n) is 12.0. The summed E-state index contributed by atoms with van der Waals surface area (Å²) in [6.45, 7) is 8.58. The molecule has 1 atom stereocenters. The third kappa shape index (κ3) is 7.03. The Hall–Kier alpha value is -2.52. The monoisotopic (exact) mass is 562 g/mol. The lowest BCUT2D eigenvalue weighted by atomic mass is 9.91. The standard InChI is InChI=1S/C28H35FN2O4.BrH/c1-18(2)28-27(20-8-6-5-7-9-20)26(21-10-12-22(29)13-11-21)24(31(28)19(3)4)14-15-30(35)17-23(32)16-25(33)34;/h5-13,18-19,23,32,35H,14-17H2,1-4H3,(H,33,34);1H. The Bertz CT molecular complexity index is 1130. The molecule has 0 radical (unpaired) electrons. The number of benzene rings is 2. The van der Waals surface area contributed by atoms with Gasteiger partial charge in [-0.25, -0.2) is 4.39 Å². The van der Waals surface area contributed by atoms with Crippen molar-refractivity contribution < 1.29 is 24.6 Å². The van der Waals surface area contributed by atoms with E-state index in [9.17, 15) is 19.5 Å². The number of hydroxylamine groups is 2. The third-order valence-corrected chi connectivity index (χ3v) is 6.04. The van der Waals surface area contributed by atoms with Crippen molar-refractivity contribution in [3.8, 4) is 22.3 Å². The highest BCUT2D eigenvalue weighted by Gasteiger charge is 2.28. The number of halogens is 2. The maximum Gasteiger partial charge on any atom is 0.306 e. The Morgan fingerprint density at radius 2 is 1.56 bits per heavy atom. The van der Waals surface area contributed by atoms with Gasteiger partial charge in [0, 0.05) is 41.5 Å². The van der Waals surface area contributed by atoms with Crippen molar-refractivity contribution in [1.82, 2.24) is 9.63 Å². The Kier molecular flexibility index (Phi) is 10.8. The second kappa shape index (κ2) is 13.1. The molecule has 1 unspecified atom stereocenters. The zero-order valence-electron chi connectivity index (χ0n) is 21.2. The van der Waals surface area contributed by atoms with E-state index in [1.165, 1.54) is 12.1 Å². The van der Waals surface area contributed by atoms with Crippen LogP contribution >= 0.6 is 17.0 Å². The van der Waals surface area contributed by atoms with Crippen molar-refractivity contribution in [3.05, 3.63) is 71.8 Å². The van der Waals surface area contributed by atoms with E-state index in [1.807, 2.05) is 18.2 Å². The molecule has 0 fully saturated rings. The molecular formula is C28H36BrFN2O4. The average Bonchev–Trinajstić information content (AvgIpc) is 3.14. The summed E-state index contributed by atoms with van der Waals surface area (Å²) in [7, 11) is 0. The number of carbonyl (C=O) groups is 1. The number of hydrogen-bond donors (Lipinski definition) is 3. The maximum absolute atomic E-state index is 13.8. The normalized spacial score (nSPS) is 12.3. The minimum atomic E-state index is -1.17. The van der Waals surface area contributed by atoms with Gasteiger partial charge in [0.25, 0.3) is 0 Å². The average molecular weight is 564 g/mol. The molecular weight excluding hydrogens is 527 g/mol. The van der Waals surface area contributed by atoms with E-state index in [2.05, 4.69) is 44.4 Å². The van der Waals surface area contributed by atoms with Crippen LogP contribution in [0.1, 0.15) is 57.5 Å². The van der Waals surface area contributed by atoms with Crippen molar-refractivity contribution in [2.24, 2.45) is 0 Å². The van der Waals surface area contributed by atoms with Crippen LogP contribution in [0.4, 0.5) is 4.39 Å². The number of rotatable bonds is 11. The molecule has 3 N–H and O–H groups in total. The number of carboxylic acids is 1. The van der Waals surface area contributed by atoms with Crippen LogP contribution in [0, 0.1) is 5.82 Å². The number of hydrogen-bond acceptors (Lipinski definition) is 4. The predicted octanol–water partition coefficient (Wildman–Crippen LogP) is 6.31. The lowest BCUT2D eigenvalue weighted by Crippen LogP contribution is -2.33. The van der Waals surface area contributed by atoms with Crippen molar-refractivity contribution in [3.63, 3.8) is 0 Å². The molecule has 6 nitrogen and oxygen atoms in total. The van der Waals surface area contributed by atoms with Crippen LogP contribution in [0.25, 0.3) is 22.3 Å². The molecule has 8 heteroatoms. The van der Waals surface area contributed by atoms with E-state index in [0.717, 1.165) is 38.7 Å². The molecule has 3 rings (SSSR count). The molecule has 196 valence electrons. The first-order valence-corrected chi connectivity index (χ1v) is 12.0. The van der Waals surface area contributed by atoms with Crippen LogP contribution in [0.3, 0.4) is 0 Å². The molecule has 0 spiro atoms. The van der Waals surface area contributed by atoms with Gasteiger partial charge in [-0.15, -0.1) is 17.0 Å². The van der Waals surface area contributed by atoms with E-state index in [1.54, 1.807) is 12.1 Å². The van der Waals surface area contributed by atoms with Crippen LogP contribution in [0.15, 0.2) is 54.6 Å². The fourth-order valence-electron chi connectivity index (χ4n) is 4.72. The summed E-state index contributed by atoms with van der Waals surface area (Å²) in [6.07, 6.45) is -1.15. The van der Waals surface area contributed by atoms with Crippen molar-refractivity contribution in [2.45, 2.75) is 58.6 Å². The number of aliphatic carboxylic acids is 1. The minimum Gasteiger partial charge on any atom is -0.481 e. The number of aliphatic hydroxyl groups excluding tert-OH is 1. The zero-order chi connectivity index (χ0) is 25.7. The summed E-state index contributed by atoms with van der Waals surface area (Å²) < 4.78 is 16.1. The van der Waals surface area contributed by atoms with Gasteiger partial charge < -0.3 is 20.0 Å². The largest absolute Gasteiger partial charge is 0.481 e. The number of aliphatic hydroxyl groups is 1. The van der Waals surface area contributed by atoms with Crippen LogP contribution in [-0.4, -0.2) is 50.2 Å². The second-order valence-electron chi connectivity index (χ2n) is 9.49. The zero-order valence-corrected chi connectivity index (χ0v) is 22.9. The van der Waals surface area contributed by atoms with Crippen molar-refractivity contribution >= 4 is 23.0 Å². The summed E-state index contributed by atoms with van der Waals surface area (Å²) in [5.74, 6) is -1.23. The SMILES string of the molecule is Br.CC(C)c1c(-c2ccccc2)c(-c2ccc(F)cc2)c(CCN(O)CC(O)CC(=O)O)n1C(C)C. The van der Waals surface area contributed by atoms with E-state index in [0.29, 0.717) is 6.42 Å². The topological polar surface area (TPSA) is 85.9 Å². The molecule has 2 aromatic carbocycles. The maximum atomic E-state index is 13.8. The van der Waals surface area contributed by atoms with Gasteiger partial charge in [-0.1, -0.05) is 56.3 Å². The fourth-order valence-corrected chi connectivity index (χ4v) is 4.72. The van der Waals surface area contributed by atoms with Gasteiger partial charge in [-0.05, 0) is 43.0 Å². The molecule has 0 bridgehead atoms. The van der Waals surface area contributed by atoms with Crippen LogP contribution in [0.5, 0.6) is 0 Å². The smallest absolute Gasteiger partial charge is 0.306 e. The molecule has 0 saturated carbocycles. The van der Waals surface area contributed by atoms with Crippen molar-refractivity contribution in [1.29, 1.82) is 0 Å². The Morgan fingerprint density at radius 1 is 0.972 bits per heavy atom. The second-order valence-corrected chi connectivity index (χ2v) is 9.49. The molecule has 0 aliphatic rings. The third-order valence-electron chi connectivity index (χ3n) is 6.04. The van der Waals surface area contributed by atoms with E-state index < -0.39 is 18.5 Å². The summed E-state index contributed by atoms with van der Waals surface area (Å²) >= 11 is 0. The summed E-state index contributed by atoms with van der Waals surface area (Å²) in [5.41, 5.74) is 6.20. The number of nitrogens with zero attached hydrogens (tertiary/aromatic N) is 2. The summed E-state index contributed by atoms with van der Waals surface area (Å²) in [4.78, 5) is 10.9. The number of aromatic nitrogens is 1. The molecule has 0 aliphatic carbocycles. The van der Waals surface area contributed by atoms with Gasteiger partial charge in [0.1, 0.15) is 5.82 Å². The molecule has 1 heterocycles. The summed E-state index contributed by atoms with van der Waals surface area (Å²) in [5, 5.41) is 30.2. The van der Waals surface area contributed by atoms with Crippen LogP contribution < -0.4 is 0 Å². The highest BCUT2D eigenvalue weighted by Crippen LogP contribution is 2.44. The molecule has 0 amide bonds. The Balaban J connectivity index is 0.00000456. The van der Waals surface area contributed by atoms with Gasteiger partial charge in [0.2, 0.25) is 0 Å². The molecule has 1 aromatic heterocycles. The minimum absolute atomic E-state index is 0. The Labute approximate surface area is 222 Å². The van der Waals surface area contributed by atoms with Gasteiger partial charge in [0.05, 0.1) is 19.1 Å². The summed E-state index contributed by atoms with van der Waals surface area (Å²) in [6, 6.07) is 16.7. The quantitative estimate of drug-likeness (QED) is 0.238. The lowest BCUT2D eigenvalue weighted by molar-refractivity contribution is -0.143. The molecule has 36 heavy (non-hydrogen) atoms. The number of carboxylic acid groups (broad SMARTS) is 1. The van der Waals surface area contributed by atoms with Crippen molar-refractivity contribution in [2.75, 3.05) is 13.1 Å². The van der Waals surface area contributed by atoms with Gasteiger partial charge >= 0.3 is 5.97 Å². The van der Waals surface area contributed by atoms with E-state index in [-0.39, 0.29) is 47.8 Å². The Morgan fingerprint density at radius 3 is 2.08 bits per heavy atom. The first kappa shape index (κ1) is 29.7. The fraction of sp³-hybridized carbons (Fsp3) is 0.393.